The molecule has 7 nitrogen and oxygen atoms in total. The third kappa shape index (κ3) is 2.78. The minimum Gasteiger partial charge on any atom is -0.372 e. The average molecular weight is 329 g/mol. The van der Waals surface area contributed by atoms with Gasteiger partial charge in [0.2, 0.25) is 5.15 Å². The summed E-state index contributed by atoms with van der Waals surface area (Å²) < 4.78 is 6.35. The lowest BCUT2D eigenvalue weighted by Crippen LogP contribution is -2.45. The summed E-state index contributed by atoms with van der Waals surface area (Å²) in [6, 6.07) is 1.43. The first-order chi connectivity index (χ1) is 9.94. The van der Waals surface area contributed by atoms with Gasteiger partial charge < -0.3 is 9.64 Å². The fraction of sp³-hybridized carbons (Fsp3) is 0.500. The van der Waals surface area contributed by atoms with Crippen LogP contribution in [0.3, 0.4) is 0 Å². The number of hydrogen-bond donors (Lipinski definition) is 0. The minimum absolute atomic E-state index is 0.117. The molecule has 1 aliphatic heterocycles. The number of morpholine rings is 1. The maximum Gasteiger partial charge on any atom is 0.308 e. The molecule has 0 amide bonds. The molecule has 1 aliphatic rings. The van der Waals surface area contributed by atoms with E-state index in [9.17, 15) is 10.1 Å². The van der Waals surface area contributed by atoms with E-state index in [2.05, 4.69) is 14.9 Å². The zero-order valence-electron chi connectivity index (χ0n) is 11.4. The molecular formula is C12H13ClN4O3S. The number of hydrogen-bond acceptors (Lipinski definition) is 7. The topological polar surface area (TPSA) is 81.4 Å². The first-order valence-corrected chi connectivity index (χ1v) is 7.65. The van der Waals surface area contributed by atoms with Crippen molar-refractivity contribution in [1.82, 2.24) is 9.97 Å². The van der Waals surface area contributed by atoms with Gasteiger partial charge in [0, 0.05) is 19.2 Å². The molecule has 2 aromatic rings. The Morgan fingerprint density at radius 3 is 2.71 bits per heavy atom. The van der Waals surface area contributed by atoms with Crippen molar-refractivity contribution in [3.05, 3.63) is 21.3 Å². The number of pyridine rings is 1. The molecule has 1 fully saturated rings. The number of nitrogens with zero attached hydrogens (tertiary/aromatic N) is 4. The Hall–Kier alpha value is -1.51. The highest BCUT2D eigenvalue weighted by atomic mass is 35.5. The van der Waals surface area contributed by atoms with E-state index in [0.29, 0.717) is 10.3 Å². The van der Waals surface area contributed by atoms with Crippen LogP contribution in [0.1, 0.15) is 13.8 Å². The molecule has 0 unspecified atom stereocenters. The van der Waals surface area contributed by atoms with Gasteiger partial charge in [0.25, 0.3) is 0 Å². The Balaban J connectivity index is 1.99. The number of thiazole rings is 1. The van der Waals surface area contributed by atoms with E-state index in [1.165, 1.54) is 17.4 Å². The number of aromatic nitrogens is 2. The SMILES string of the molecule is C[C@@H]1CN(c2nc3nc(Cl)c([N+](=O)[O-])cc3s2)C[C@H](C)O1. The van der Waals surface area contributed by atoms with E-state index in [-0.39, 0.29) is 23.0 Å². The molecule has 1 saturated heterocycles. The largest absolute Gasteiger partial charge is 0.372 e. The fourth-order valence-electron chi connectivity index (χ4n) is 2.42. The van der Waals surface area contributed by atoms with Crippen molar-refractivity contribution in [2.24, 2.45) is 0 Å². The van der Waals surface area contributed by atoms with Crippen LogP contribution in [0.2, 0.25) is 5.15 Å². The van der Waals surface area contributed by atoms with Crippen LogP contribution in [-0.4, -0.2) is 40.2 Å². The summed E-state index contributed by atoms with van der Waals surface area (Å²) in [5.41, 5.74) is 0.250. The quantitative estimate of drug-likeness (QED) is 0.479. The molecule has 0 N–H and O–H groups in total. The van der Waals surface area contributed by atoms with Crippen LogP contribution in [-0.2, 0) is 4.74 Å². The second kappa shape index (κ2) is 5.36. The predicted octanol–water partition coefficient (Wildman–Crippen LogP) is 2.87. The van der Waals surface area contributed by atoms with Crippen molar-refractivity contribution in [3.63, 3.8) is 0 Å². The minimum atomic E-state index is -0.535. The Kier molecular flexibility index (Phi) is 3.68. The molecule has 0 aromatic carbocycles. The van der Waals surface area contributed by atoms with Gasteiger partial charge in [-0.25, -0.2) is 4.98 Å². The van der Waals surface area contributed by atoms with Crippen molar-refractivity contribution in [2.45, 2.75) is 26.1 Å². The van der Waals surface area contributed by atoms with Crippen molar-refractivity contribution >= 4 is 44.1 Å². The number of nitro groups is 1. The van der Waals surface area contributed by atoms with Crippen LogP contribution in [0.5, 0.6) is 0 Å². The van der Waals surface area contributed by atoms with Gasteiger partial charge >= 0.3 is 5.69 Å². The molecule has 112 valence electrons. The molecule has 2 atom stereocenters. The molecule has 21 heavy (non-hydrogen) atoms. The Morgan fingerprint density at radius 1 is 1.43 bits per heavy atom. The summed E-state index contributed by atoms with van der Waals surface area (Å²) >= 11 is 7.20. The van der Waals surface area contributed by atoms with Gasteiger partial charge in [-0.15, -0.1) is 0 Å². The third-order valence-electron chi connectivity index (χ3n) is 3.19. The highest BCUT2D eigenvalue weighted by Crippen LogP contribution is 2.34. The number of rotatable bonds is 2. The Morgan fingerprint density at radius 2 is 2.10 bits per heavy atom. The molecule has 3 heterocycles. The van der Waals surface area contributed by atoms with E-state index in [4.69, 9.17) is 16.3 Å². The summed E-state index contributed by atoms with van der Waals surface area (Å²) in [4.78, 5) is 20.9. The van der Waals surface area contributed by atoms with E-state index >= 15 is 0 Å². The van der Waals surface area contributed by atoms with E-state index in [0.717, 1.165) is 18.2 Å². The van der Waals surface area contributed by atoms with Crippen molar-refractivity contribution < 1.29 is 9.66 Å². The van der Waals surface area contributed by atoms with Crippen molar-refractivity contribution in [2.75, 3.05) is 18.0 Å². The first kappa shape index (κ1) is 14.4. The summed E-state index contributed by atoms with van der Waals surface area (Å²) in [7, 11) is 0. The molecule has 0 bridgehead atoms. The van der Waals surface area contributed by atoms with Gasteiger partial charge in [0.05, 0.1) is 21.8 Å². The predicted molar refractivity (Wildman–Crippen MR) is 81.3 cm³/mol. The number of ether oxygens (including phenoxy) is 1. The van der Waals surface area contributed by atoms with E-state index in [1.807, 2.05) is 13.8 Å². The summed E-state index contributed by atoms with van der Waals surface area (Å²) in [6.07, 6.45) is 0.235. The summed E-state index contributed by atoms with van der Waals surface area (Å²) in [5.74, 6) is 0. The Bertz CT molecular complexity index is 697. The standard InChI is InChI=1S/C12H13ClN4O3S/c1-6-4-16(5-7(2)20-6)12-15-11-9(21-12)3-8(17(18)19)10(13)14-11/h3,6-7H,4-5H2,1-2H3/t6-,7+. The lowest BCUT2D eigenvalue weighted by molar-refractivity contribution is -0.384. The monoisotopic (exact) mass is 328 g/mol. The van der Waals surface area contributed by atoms with Gasteiger partial charge in [-0.1, -0.05) is 22.9 Å². The number of anilines is 1. The molecule has 2 aromatic heterocycles. The molecule has 0 radical (unpaired) electrons. The second-order valence-electron chi connectivity index (χ2n) is 5.04. The second-order valence-corrected chi connectivity index (χ2v) is 6.40. The molecule has 9 heteroatoms. The zero-order valence-corrected chi connectivity index (χ0v) is 13.0. The van der Waals surface area contributed by atoms with Gasteiger partial charge in [-0.2, -0.15) is 4.98 Å². The van der Waals surface area contributed by atoms with Gasteiger partial charge in [0.15, 0.2) is 10.8 Å². The maximum atomic E-state index is 10.9. The van der Waals surface area contributed by atoms with Crippen LogP contribution in [0.25, 0.3) is 10.3 Å². The average Bonchev–Trinajstić information content (AvgIpc) is 2.79. The number of fused-ring (bicyclic) bond motifs is 1. The highest BCUT2D eigenvalue weighted by molar-refractivity contribution is 7.22. The van der Waals surface area contributed by atoms with Gasteiger partial charge in [-0.05, 0) is 13.8 Å². The lowest BCUT2D eigenvalue weighted by atomic mass is 10.2. The zero-order chi connectivity index (χ0) is 15.1. The van der Waals surface area contributed by atoms with E-state index in [1.54, 1.807) is 0 Å². The van der Waals surface area contributed by atoms with Crippen LogP contribution in [0.4, 0.5) is 10.8 Å². The molecule has 3 rings (SSSR count). The van der Waals surface area contributed by atoms with Gasteiger partial charge in [-0.3, -0.25) is 10.1 Å². The van der Waals surface area contributed by atoms with Crippen molar-refractivity contribution in [1.29, 1.82) is 0 Å². The fourth-order valence-corrected chi connectivity index (χ4v) is 3.58. The highest BCUT2D eigenvalue weighted by Gasteiger charge is 2.25. The maximum absolute atomic E-state index is 10.9. The smallest absolute Gasteiger partial charge is 0.308 e. The van der Waals surface area contributed by atoms with Crippen molar-refractivity contribution in [3.8, 4) is 0 Å². The van der Waals surface area contributed by atoms with E-state index < -0.39 is 4.92 Å². The lowest BCUT2D eigenvalue weighted by Gasteiger charge is -2.35. The summed E-state index contributed by atoms with van der Waals surface area (Å²) in [6.45, 7) is 5.49. The molecule has 0 saturated carbocycles. The normalized spacial score (nSPS) is 22.7. The van der Waals surface area contributed by atoms with Crippen LogP contribution >= 0.6 is 22.9 Å². The first-order valence-electron chi connectivity index (χ1n) is 6.46. The molecule has 0 aliphatic carbocycles. The van der Waals surface area contributed by atoms with Crippen LogP contribution in [0, 0.1) is 10.1 Å². The van der Waals surface area contributed by atoms with Gasteiger partial charge in [0.1, 0.15) is 0 Å². The van der Waals surface area contributed by atoms with Crippen LogP contribution < -0.4 is 4.90 Å². The molecule has 0 spiro atoms. The number of halogens is 1. The third-order valence-corrected chi connectivity index (χ3v) is 4.52. The molecular weight excluding hydrogens is 316 g/mol. The van der Waals surface area contributed by atoms with Crippen LogP contribution in [0.15, 0.2) is 6.07 Å². The Labute approximate surface area is 129 Å². The summed E-state index contributed by atoms with van der Waals surface area (Å²) in [5, 5.41) is 11.6.